The highest BCUT2D eigenvalue weighted by Crippen LogP contribution is 2.26. The lowest BCUT2D eigenvalue weighted by molar-refractivity contribution is 0.726. The minimum atomic E-state index is 0.143. The number of halogens is 2. The SMILES string of the molecule is Cc1cc(N(C)C(C)c2cccc(Cl)c2)nc(Cl)n1. The molecule has 19 heavy (non-hydrogen) atoms. The Morgan fingerprint density at radius 2 is 1.89 bits per heavy atom. The molecular formula is C14H15Cl2N3. The van der Waals surface area contributed by atoms with E-state index in [1.807, 2.05) is 49.2 Å². The molecule has 1 unspecified atom stereocenters. The van der Waals surface area contributed by atoms with Crippen LogP contribution in [0, 0.1) is 6.92 Å². The number of rotatable bonds is 3. The van der Waals surface area contributed by atoms with Gasteiger partial charge in [-0.25, -0.2) is 9.97 Å². The molecule has 1 aromatic heterocycles. The second-order valence-corrected chi connectivity index (χ2v) is 5.25. The van der Waals surface area contributed by atoms with Gasteiger partial charge >= 0.3 is 0 Å². The van der Waals surface area contributed by atoms with Crippen LogP contribution in [0.25, 0.3) is 0 Å². The Kier molecular flexibility index (Phi) is 4.27. The number of aryl methyl sites for hydroxylation is 1. The number of hydrogen-bond acceptors (Lipinski definition) is 3. The van der Waals surface area contributed by atoms with Crippen LogP contribution < -0.4 is 4.90 Å². The standard InChI is InChI=1S/C14H15Cl2N3/c1-9-7-13(18-14(16)17-9)19(3)10(2)11-5-4-6-12(15)8-11/h4-8,10H,1-3H3. The van der Waals surface area contributed by atoms with Gasteiger partial charge in [-0.2, -0.15) is 0 Å². The monoisotopic (exact) mass is 295 g/mol. The van der Waals surface area contributed by atoms with Gasteiger partial charge in [0.15, 0.2) is 0 Å². The van der Waals surface area contributed by atoms with Crippen molar-refractivity contribution in [1.29, 1.82) is 0 Å². The number of nitrogens with zero attached hydrogens (tertiary/aromatic N) is 3. The zero-order valence-electron chi connectivity index (χ0n) is 11.1. The lowest BCUT2D eigenvalue weighted by Crippen LogP contribution is -2.23. The summed E-state index contributed by atoms with van der Waals surface area (Å²) in [5, 5.41) is 0.995. The van der Waals surface area contributed by atoms with Crippen LogP contribution in [-0.2, 0) is 0 Å². The Labute approximate surface area is 123 Å². The lowest BCUT2D eigenvalue weighted by atomic mass is 10.1. The first-order valence-electron chi connectivity index (χ1n) is 5.97. The van der Waals surface area contributed by atoms with E-state index >= 15 is 0 Å². The van der Waals surface area contributed by atoms with Gasteiger partial charge in [0, 0.05) is 23.8 Å². The smallest absolute Gasteiger partial charge is 0.224 e. The summed E-state index contributed by atoms with van der Waals surface area (Å²) in [6.45, 7) is 3.99. The third-order valence-corrected chi connectivity index (χ3v) is 3.49. The summed E-state index contributed by atoms with van der Waals surface area (Å²) >= 11 is 11.9. The lowest BCUT2D eigenvalue weighted by Gasteiger charge is -2.26. The third-order valence-electron chi connectivity index (χ3n) is 3.09. The normalized spacial score (nSPS) is 12.3. The molecule has 3 nitrogen and oxygen atoms in total. The molecule has 0 N–H and O–H groups in total. The van der Waals surface area contributed by atoms with Gasteiger partial charge in [0.1, 0.15) is 5.82 Å². The fraction of sp³-hybridized carbons (Fsp3) is 0.286. The minimum absolute atomic E-state index is 0.143. The highest BCUT2D eigenvalue weighted by Gasteiger charge is 2.14. The Balaban J connectivity index is 2.30. The Hall–Kier alpha value is -1.32. The van der Waals surface area contributed by atoms with Crippen molar-refractivity contribution >= 4 is 29.0 Å². The van der Waals surface area contributed by atoms with Crippen LogP contribution in [0.15, 0.2) is 30.3 Å². The van der Waals surface area contributed by atoms with Crippen LogP contribution in [0.4, 0.5) is 5.82 Å². The highest BCUT2D eigenvalue weighted by molar-refractivity contribution is 6.30. The van der Waals surface area contributed by atoms with Gasteiger partial charge in [-0.15, -0.1) is 0 Å². The molecular weight excluding hydrogens is 281 g/mol. The van der Waals surface area contributed by atoms with E-state index in [-0.39, 0.29) is 11.3 Å². The second-order valence-electron chi connectivity index (χ2n) is 4.48. The van der Waals surface area contributed by atoms with E-state index in [0.29, 0.717) is 0 Å². The number of aromatic nitrogens is 2. The zero-order valence-corrected chi connectivity index (χ0v) is 12.6. The molecule has 0 radical (unpaired) electrons. The van der Waals surface area contributed by atoms with Crippen LogP contribution in [0.2, 0.25) is 10.3 Å². The molecule has 0 bridgehead atoms. The molecule has 1 atom stereocenters. The van der Waals surface area contributed by atoms with Crippen molar-refractivity contribution < 1.29 is 0 Å². The number of benzene rings is 1. The first-order valence-corrected chi connectivity index (χ1v) is 6.72. The molecule has 0 spiro atoms. The molecule has 0 saturated carbocycles. The Morgan fingerprint density at radius 1 is 1.16 bits per heavy atom. The molecule has 0 aliphatic rings. The Bertz CT molecular complexity index is 566. The van der Waals surface area contributed by atoms with Crippen molar-refractivity contribution in [1.82, 2.24) is 9.97 Å². The average molecular weight is 296 g/mol. The van der Waals surface area contributed by atoms with Gasteiger partial charge in [0.25, 0.3) is 0 Å². The summed E-state index contributed by atoms with van der Waals surface area (Å²) in [5.41, 5.74) is 1.97. The van der Waals surface area contributed by atoms with Gasteiger partial charge in [0.05, 0.1) is 6.04 Å². The molecule has 1 heterocycles. The number of anilines is 1. The van der Waals surface area contributed by atoms with Crippen molar-refractivity contribution in [3.8, 4) is 0 Å². The van der Waals surface area contributed by atoms with Crippen molar-refractivity contribution in [3.63, 3.8) is 0 Å². The van der Waals surface area contributed by atoms with E-state index in [1.165, 1.54) is 0 Å². The molecule has 2 aromatic rings. The summed E-state index contributed by atoms with van der Waals surface area (Å²) in [6, 6.07) is 9.86. The zero-order chi connectivity index (χ0) is 14.0. The van der Waals surface area contributed by atoms with Gasteiger partial charge in [-0.05, 0) is 43.1 Å². The molecule has 0 fully saturated rings. The summed E-state index contributed by atoms with van der Waals surface area (Å²) in [7, 11) is 1.98. The van der Waals surface area contributed by atoms with Crippen molar-refractivity contribution in [3.05, 3.63) is 51.9 Å². The fourth-order valence-corrected chi connectivity index (χ4v) is 2.30. The Morgan fingerprint density at radius 3 is 2.53 bits per heavy atom. The molecule has 5 heteroatoms. The quantitative estimate of drug-likeness (QED) is 0.791. The average Bonchev–Trinajstić information content (AvgIpc) is 2.36. The van der Waals surface area contributed by atoms with Crippen molar-refractivity contribution in [2.75, 3.05) is 11.9 Å². The predicted octanol–water partition coefficient (Wildman–Crippen LogP) is 4.29. The third kappa shape index (κ3) is 3.37. The van der Waals surface area contributed by atoms with E-state index in [9.17, 15) is 0 Å². The first kappa shape index (κ1) is 14.1. The van der Waals surface area contributed by atoms with E-state index in [0.717, 1.165) is 22.1 Å². The minimum Gasteiger partial charge on any atom is -0.353 e. The van der Waals surface area contributed by atoms with E-state index < -0.39 is 0 Å². The predicted molar refractivity (Wildman–Crippen MR) is 80.0 cm³/mol. The molecule has 0 amide bonds. The van der Waals surface area contributed by atoms with Gasteiger partial charge in [-0.1, -0.05) is 23.7 Å². The topological polar surface area (TPSA) is 29.0 Å². The first-order chi connectivity index (χ1) is 8.97. The molecule has 0 aliphatic heterocycles. The van der Waals surface area contributed by atoms with E-state index in [1.54, 1.807) is 0 Å². The van der Waals surface area contributed by atoms with Crippen LogP contribution in [0.3, 0.4) is 0 Å². The summed E-state index contributed by atoms with van der Waals surface area (Å²) < 4.78 is 0. The molecule has 0 aliphatic carbocycles. The number of hydrogen-bond donors (Lipinski definition) is 0. The van der Waals surface area contributed by atoms with Crippen LogP contribution >= 0.6 is 23.2 Å². The van der Waals surface area contributed by atoms with Crippen molar-refractivity contribution in [2.45, 2.75) is 19.9 Å². The molecule has 2 rings (SSSR count). The molecule has 100 valence electrons. The highest BCUT2D eigenvalue weighted by atomic mass is 35.5. The maximum atomic E-state index is 6.02. The van der Waals surface area contributed by atoms with E-state index in [4.69, 9.17) is 23.2 Å². The van der Waals surface area contributed by atoms with Crippen molar-refractivity contribution in [2.24, 2.45) is 0 Å². The van der Waals surface area contributed by atoms with Gasteiger partial charge in [0.2, 0.25) is 5.28 Å². The van der Waals surface area contributed by atoms with Gasteiger partial charge < -0.3 is 4.90 Å². The maximum absolute atomic E-state index is 6.02. The second kappa shape index (κ2) is 5.76. The summed E-state index contributed by atoms with van der Waals surface area (Å²) in [4.78, 5) is 10.4. The molecule has 1 aromatic carbocycles. The molecule has 0 saturated heterocycles. The van der Waals surface area contributed by atoms with Crippen LogP contribution in [0.1, 0.15) is 24.2 Å². The van der Waals surface area contributed by atoms with E-state index in [2.05, 4.69) is 16.9 Å². The maximum Gasteiger partial charge on any atom is 0.224 e. The summed E-state index contributed by atoms with van der Waals surface area (Å²) in [5.74, 6) is 0.796. The summed E-state index contributed by atoms with van der Waals surface area (Å²) in [6.07, 6.45) is 0. The largest absolute Gasteiger partial charge is 0.353 e. The van der Waals surface area contributed by atoms with Gasteiger partial charge in [-0.3, -0.25) is 0 Å². The van der Waals surface area contributed by atoms with Crippen LogP contribution in [0.5, 0.6) is 0 Å². The fourth-order valence-electron chi connectivity index (χ4n) is 1.89. The van der Waals surface area contributed by atoms with Crippen LogP contribution in [-0.4, -0.2) is 17.0 Å².